The number of thiophene rings is 4. The normalized spacial score (nSPS) is 11.4. The van der Waals surface area contributed by atoms with Crippen molar-refractivity contribution in [1.82, 2.24) is 110 Å². The van der Waals surface area contributed by atoms with Crippen molar-refractivity contribution in [2.24, 2.45) is 7.05 Å². The average Bonchev–Trinajstić information content (AvgIpc) is 1.62. The lowest BCUT2D eigenvalue weighted by atomic mass is 10.1. The van der Waals surface area contributed by atoms with Crippen LogP contribution in [0.1, 0.15) is 5.69 Å². The van der Waals surface area contributed by atoms with Crippen LogP contribution in [0.15, 0.2) is 257 Å². The fraction of sp³-hybridized carbons (Fsp3) is 0.0230. The van der Waals surface area contributed by atoms with E-state index < -0.39 is 0 Å². The van der Waals surface area contributed by atoms with Crippen molar-refractivity contribution in [3.8, 4) is 22.5 Å². The summed E-state index contributed by atoms with van der Waals surface area (Å²) in [6.45, 7) is 1.92. The Morgan fingerprint density at radius 2 is 0.816 bits per heavy atom. The Hall–Kier alpha value is -15.3. The molecule has 38 heteroatoms. The predicted molar refractivity (Wildman–Crippen MR) is 508 cm³/mol. The molecular formula is C87H60BrFN30S6. The van der Waals surface area contributed by atoms with E-state index in [4.69, 9.17) is 24.9 Å². The highest BCUT2D eigenvalue weighted by Crippen LogP contribution is 2.40. The number of aromatic amines is 4. The summed E-state index contributed by atoms with van der Waals surface area (Å²) in [6, 6.07) is 64.3. The first-order chi connectivity index (χ1) is 61.4. The summed E-state index contributed by atoms with van der Waals surface area (Å²) in [5.41, 5.74) is 17.4. The van der Waals surface area contributed by atoms with E-state index in [0.29, 0.717) is 40.6 Å². The Balaban J connectivity index is 0.000000102. The first-order valence-electron chi connectivity index (χ1n) is 38.4. The van der Waals surface area contributed by atoms with Crippen LogP contribution in [0.3, 0.4) is 0 Å². The van der Waals surface area contributed by atoms with Crippen molar-refractivity contribution in [2.45, 2.75) is 6.92 Å². The van der Waals surface area contributed by atoms with Crippen molar-refractivity contribution in [3.63, 3.8) is 0 Å². The number of nitrogens with zero attached hydrogens (tertiary/aromatic N) is 18. The fourth-order valence-electron chi connectivity index (χ4n) is 13.9. The summed E-state index contributed by atoms with van der Waals surface area (Å²) in [5.74, 6) is 5.99. The summed E-state index contributed by atoms with van der Waals surface area (Å²) in [5, 5.41) is 74.1. The molecule has 12 N–H and O–H groups in total. The van der Waals surface area contributed by atoms with E-state index in [1.807, 2.05) is 205 Å². The SMILES string of the molecule is Brc1ccc2nc(Nc3nc(Nc4ccc5[nH]ncc5c4)c4sccc4n3)sc2c1.Cc1nn(C)c(Nc2nc(Nc3ccc4[nH]ncc4c3)c3sccc3n2)c1-c1ccc(F)cc1.c1ccc(-c2nsc(Nc3nc(Nc4ccc5[nH]ncc5c4)c4sccc4n3)n2)cc1.c1ccc2ncc(Nc3nc(Nc4ccc5[nH]ncc5c4)c4sccc4n3)cc2c1. The molecule has 30 nitrogen and oxygen atoms in total. The van der Waals surface area contributed by atoms with Crippen LogP contribution in [0.4, 0.5) is 96.0 Å². The number of aryl methyl sites for hydroxylation is 2. The summed E-state index contributed by atoms with van der Waals surface area (Å²) < 4.78 is 25.8. The number of para-hydroxylation sites is 1. The molecule has 8 aromatic carbocycles. The molecule has 0 unspecified atom stereocenters. The van der Waals surface area contributed by atoms with E-state index in [-0.39, 0.29) is 5.82 Å². The number of hydrogen-bond donors (Lipinski definition) is 12. The van der Waals surface area contributed by atoms with E-state index in [1.54, 1.807) is 104 Å². The van der Waals surface area contributed by atoms with Crippen LogP contribution in [0.5, 0.6) is 0 Å². The molecule has 0 aliphatic carbocycles. The summed E-state index contributed by atoms with van der Waals surface area (Å²) >= 11 is 12.7. The number of anilines is 16. The molecule has 16 heterocycles. The second-order valence-electron chi connectivity index (χ2n) is 28.1. The van der Waals surface area contributed by atoms with Crippen LogP contribution in [-0.4, -0.2) is 110 Å². The minimum atomic E-state index is -0.282. The molecule has 125 heavy (non-hydrogen) atoms. The van der Waals surface area contributed by atoms with E-state index in [9.17, 15) is 4.39 Å². The Bertz CT molecular complexity index is 8090. The van der Waals surface area contributed by atoms with Crippen molar-refractivity contribution in [2.75, 3.05) is 42.5 Å². The zero-order valence-corrected chi connectivity index (χ0v) is 71.5. The van der Waals surface area contributed by atoms with Gasteiger partial charge in [-0.3, -0.25) is 40.7 Å². The second-order valence-corrected chi connectivity index (χ2v) is 34.5. The molecule has 0 saturated heterocycles. The van der Waals surface area contributed by atoms with Crippen LogP contribution in [0.25, 0.3) is 128 Å². The Labute approximate surface area is 737 Å². The molecule has 0 spiro atoms. The molecule has 0 bridgehead atoms. The first kappa shape index (κ1) is 77.0. The largest absolute Gasteiger partial charge is 0.339 e. The minimum absolute atomic E-state index is 0.282. The van der Waals surface area contributed by atoms with Gasteiger partial charge in [0.15, 0.2) is 34.2 Å². The number of nitrogens with one attached hydrogen (secondary N) is 12. The topological polar surface area (TPSA) is 383 Å². The number of H-pyrrole nitrogens is 4. The van der Waals surface area contributed by atoms with Gasteiger partial charge in [-0.15, -0.1) is 45.3 Å². The lowest BCUT2D eigenvalue weighted by molar-refractivity contribution is 0.628. The van der Waals surface area contributed by atoms with Gasteiger partial charge < -0.3 is 31.9 Å². The number of hydrogen-bond acceptors (Lipinski definition) is 31. The zero-order valence-electron chi connectivity index (χ0n) is 65.0. The lowest BCUT2D eigenvalue weighted by Crippen LogP contribution is -2.05. The van der Waals surface area contributed by atoms with Crippen molar-refractivity contribution < 1.29 is 4.39 Å². The number of fused-ring (bicyclic) bond motifs is 10. The molecule has 24 aromatic rings. The molecule has 0 saturated carbocycles. The van der Waals surface area contributed by atoms with E-state index in [0.717, 1.165) is 189 Å². The van der Waals surface area contributed by atoms with Gasteiger partial charge in [0, 0.05) is 83.9 Å². The van der Waals surface area contributed by atoms with Crippen molar-refractivity contribution >= 4 is 281 Å². The number of rotatable bonds is 18. The molecule has 0 aliphatic heterocycles. The number of aromatic nitrogens is 22. The Morgan fingerprint density at radius 3 is 1.31 bits per heavy atom. The molecule has 0 amide bonds. The average molecular weight is 1820 g/mol. The van der Waals surface area contributed by atoms with Gasteiger partial charge in [0.05, 0.1) is 121 Å². The number of thiazole rings is 1. The summed E-state index contributed by atoms with van der Waals surface area (Å²) in [4.78, 5) is 51.3. The highest BCUT2D eigenvalue weighted by molar-refractivity contribution is 9.10. The summed E-state index contributed by atoms with van der Waals surface area (Å²) in [6.07, 6.45) is 8.99. The number of pyridine rings is 1. The van der Waals surface area contributed by atoms with Gasteiger partial charge in [0.25, 0.3) is 0 Å². The van der Waals surface area contributed by atoms with Gasteiger partial charge in [-0.2, -0.15) is 54.8 Å². The molecular weight excluding hydrogens is 1760 g/mol. The van der Waals surface area contributed by atoms with Gasteiger partial charge >= 0.3 is 0 Å². The van der Waals surface area contributed by atoms with Gasteiger partial charge in [0.1, 0.15) is 11.6 Å². The van der Waals surface area contributed by atoms with Gasteiger partial charge in [-0.25, -0.2) is 29.3 Å². The third-order valence-electron chi connectivity index (χ3n) is 19.7. The first-order valence-corrected chi connectivity index (χ1v) is 44.3. The molecule has 0 aliphatic rings. The molecule has 608 valence electrons. The van der Waals surface area contributed by atoms with Crippen LogP contribution < -0.4 is 42.5 Å². The van der Waals surface area contributed by atoms with Crippen LogP contribution >= 0.6 is 84.1 Å². The zero-order chi connectivity index (χ0) is 83.9. The van der Waals surface area contributed by atoms with Gasteiger partial charge in [-0.05, 0) is 174 Å². The van der Waals surface area contributed by atoms with Crippen LogP contribution in [0.2, 0.25) is 0 Å². The molecule has 0 fully saturated rings. The van der Waals surface area contributed by atoms with Gasteiger partial charge in [0.2, 0.25) is 28.9 Å². The third-order valence-corrected chi connectivity index (χ3v) is 25.4. The van der Waals surface area contributed by atoms with Crippen LogP contribution in [0, 0.1) is 12.7 Å². The minimum Gasteiger partial charge on any atom is -0.339 e. The maximum Gasteiger partial charge on any atom is 0.231 e. The molecule has 0 radical (unpaired) electrons. The second kappa shape index (κ2) is 33.6. The number of halogens is 2. The van der Waals surface area contributed by atoms with Crippen molar-refractivity contribution in [3.05, 3.63) is 269 Å². The smallest absolute Gasteiger partial charge is 0.231 e. The Kier molecular flexibility index (Phi) is 20.7. The van der Waals surface area contributed by atoms with E-state index in [2.05, 4.69) is 145 Å². The number of benzene rings is 8. The Morgan fingerprint density at radius 1 is 0.368 bits per heavy atom. The highest BCUT2D eigenvalue weighted by atomic mass is 79.9. The quantitative estimate of drug-likeness (QED) is 0.0380. The predicted octanol–water partition coefficient (Wildman–Crippen LogP) is 23.5. The van der Waals surface area contributed by atoms with E-state index >= 15 is 0 Å². The van der Waals surface area contributed by atoms with E-state index in [1.165, 1.54) is 23.7 Å². The van der Waals surface area contributed by atoms with Gasteiger partial charge in [-0.1, -0.05) is 87.9 Å². The van der Waals surface area contributed by atoms with Crippen LogP contribution in [-0.2, 0) is 7.05 Å². The molecule has 16 aromatic heterocycles. The third kappa shape index (κ3) is 16.6. The standard InChI is InChI=1S/C24H19FN8S.C22H15N7S.C21H14N8S2.C20H12BrN7S2/c1-13-20(14-3-5-16(25)6-4-14)23(33(2)32-13)30-24-28-19-9-10-34-21(19)22(29-24)27-17-7-8-18-15(11-17)12-26-31-18;1-2-4-17-13(3-1)9-16(12-23-17)26-22-27-19-7-8-30-20(19)21(28-22)25-15-5-6-18-14(10-15)11-24-29-18;1-2-4-12(5-3-1)18-26-21(31-29-18)27-20-24-16-8-9-30-17(16)19(25-20)23-14-6-7-15-13(10-14)11-22-28-15;21-11-1-3-14-16(8-11)30-20(25-14)27-19-24-15-5-6-29-17(15)18(26-19)23-12-2-4-13-10(7-12)9-22-28-13/h3-12H,1-2H3,(H,26,31)(H2,27,28,29,30);1-12H,(H,24,29)(H2,25,26,27,28);1-11H,(H,22,28)(H2,23,24,25,26,27,29);1-9H,(H,22,28)(H2,23,24,25,26,27). The molecule has 24 rings (SSSR count). The van der Waals surface area contributed by atoms with Crippen molar-refractivity contribution in [1.29, 1.82) is 0 Å². The highest BCUT2D eigenvalue weighted by Gasteiger charge is 2.22. The fourth-order valence-corrected chi connectivity index (χ4v) is 19.0. The lowest BCUT2D eigenvalue weighted by Gasteiger charge is -2.12. The summed E-state index contributed by atoms with van der Waals surface area (Å²) in [7, 11) is 1.85. The maximum absolute atomic E-state index is 13.5. The molecule has 0 atom stereocenters. The monoisotopic (exact) mass is 1810 g/mol. The maximum atomic E-state index is 13.5.